The van der Waals surface area contributed by atoms with Crippen LogP contribution in [0.1, 0.15) is 39.3 Å². The van der Waals surface area contributed by atoms with Crippen molar-refractivity contribution in [2.75, 3.05) is 13.7 Å². The highest BCUT2D eigenvalue weighted by Crippen LogP contribution is 2.27. The van der Waals surface area contributed by atoms with Gasteiger partial charge in [-0.25, -0.2) is 4.39 Å². The number of halogens is 1. The molecule has 0 bridgehead atoms. The molecule has 0 amide bonds. The van der Waals surface area contributed by atoms with E-state index in [-0.39, 0.29) is 24.4 Å². The fourth-order valence-corrected chi connectivity index (χ4v) is 1.54. The fraction of sp³-hybridized carbons (Fsp3) is 0.600. The highest BCUT2D eigenvalue weighted by Gasteiger charge is 2.26. The number of aliphatic hydroxyl groups is 1. The summed E-state index contributed by atoms with van der Waals surface area (Å²) in [4.78, 5) is 0. The highest BCUT2D eigenvalue weighted by molar-refractivity contribution is 5.36. The molecule has 0 radical (unpaired) electrons. The first-order valence-electron chi connectivity index (χ1n) is 6.60. The van der Waals surface area contributed by atoms with E-state index in [0.29, 0.717) is 5.75 Å². The summed E-state index contributed by atoms with van der Waals surface area (Å²) < 4.78 is 19.0. The predicted octanol–water partition coefficient (Wildman–Crippen LogP) is 2.89. The molecule has 4 heteroatoms. The predicted molar refractivity (Wildman–Crippen MR) is 74.8 cm³/mol. The Morgan fingerprint density at radius 2 is 2.00 bits per heavy atom. The molecule has 0 saturated carbocycles. The zero-order chi connectivity index (χ0) is 14.6. The van der Waals surface area contributed by atoms with Crippen molar-refractivity contribution in [3.8, 4) is 5.75 Å². The summed E-state index contributed by atoms with van der Waals surface area (Å²) in [5.74, 6) is 0.391. The fourth-order valence-electron chi connectivity index (χ4n) is 1.54. The minimum Gasteiger partial charge on any atom is -0.490 e. The topological polar surface area (TPSA) is 41.5 Å². The molecule has 1 aromatic rings. The Labute approximate surface area is 114 Å². The van der Waals surface area contributed by atoms with Crippen molar-refractivity contribution in [3.63, 3.8) is 0 Å². The molecule has 2 atom stereocenters. The van der Waals surface area contributed by atoms with E-state index < -0.39 is 5.60 Å². The third-order valence-corrected chi connectivity index (χ3v) is 3.64. The van der Waals surface area contributed by atoms with Gasteiger partial charge in [0.25, 0.3) is 0 Å². The molecular weight excluding hydrogens is 245 g/mol. The molecule has 3 nitrogen and oxygen atoms in total. The van der Waals surface area contributed by atoms with Gasteiger partial charge in [-0.1, -0.05) is 13.8 Å². The van der Waals surface area contributed by atoms with Gasteiger partial charge in [0, 0.05) is 11.6 Å². The lowest BCUT2D eigenvalue weighted by Gasteiger charge is -2.28. The molecule has 2 unspecified atom stereocenters. The largest absolute Gasteiger partial charge is 0.490 e. The Kier molecular flexibility index (Phi) is 5.32. The van der Waals surface area contributed by atoms with Gasteiger partial charge >= 0.3 is 0 Å². The smallest absolute Gasteiger partial charge is 0.124 e. The van der Waals surface area contributed by atoms with Crippen molar-refractivity contribution in [1.29, 1.82) is 0 Å². The summed E-state index contributed by atoms with van der Waals surface area (Å²) in [5.41, 5.74) is -0.156. The lowest BCUT2D eigenvalue weighted by Crippen LogP contribution is -2.38. The number of benzene rings is 1. The van der Waals surface area contributed by atoms with Gasteiger partial charge in [-0.3, -0.25) is 0 Å². The Hall–Kier alpha value is -1.13. The average Bonchev–Trinajstić information content (AvgIpc) is 2.36. The molecular formula is C15H24FNO2. The number of ether oxygens (including phenoxy) is 1. The van der Waals surface area contributed by atoms with Crippen molar-refractivity contribution in [3.05, 3.63) is 29.6 Å². The van der Waals surface area contributed by atoms with Crippen LogP contribution >= 0.6 is 0 Å². The van der Waals surface area contributed by atoms with E-state index in [2.05, 4.69) is 5.32 Å². The maximum atomic E-state index is 13.3. The van der Waals surface area contributed by atoms with Gasteiger partial charge in [0.15, 0.2) is 0 Å². The van der Waals surface area contributed by atoms with E-state index in [1.54, 1.807) is 13.0 Å². The van der Waals surface area contributed by atoms with Gasteiger partial charge in [-0.05, 0) is 45.0 Å². The number of rotatable bonds is 6. The zero-order valence-electron chi connectivity index (χ0n) is 12.3. The summed E-state index contributed by atoms with van der Waals surface area (Å²) in [6.07, 6.45) is 0. The Morgan fingerprint density at radius 1 is 1.37 bits per heavy atom. The van der Waals surface area contributed by atoms with Gasteiger partial charge in [0.1, 0.15) is 18.2 Å². The standard InChI is InChI=1S/C15H24FNO2/c1-10(2)15(4,18)9-19-14-7-6-12(16)8-13(14)11(3)17-5/h6-8,10-11,17-18H,9H2,1-5H3. The molecule has 19 heavy (non-hydrogen) atoms. The van der Waals surface area contributed by atoms with E-state index in [1.807, 2.05) is 27.8 Å². The molecule has 0 aliphatic heterocycles. The summed E-state index contributed by atoms with van der Waals surface area (Å²) in [6.45, 7) is 7.72. The van der Waals surface area contributed by atoms with Crippen LogP contribution in [-0.4, -0.2) is 24.4 Å². The lowest BCUT2D eigenvalue weighted by atomic mass is 9.93. The number of nitrogens with one attached hydrogen (secondary N) is 1. The first-order valence-corrected chi connectivity index (χ1v) is 6.60. The summed E-state index contributed by atoms with van der Waals surface area (Å²) >= 11 is 0. The van der Waals surface area contributed by atoms with Crippen LogP contribution in [0.25, 0.3) is 0 Å². The molecule has 1 rings (SSSR count). The number of hydrogen-bond acceptors (Lipinski definition) is 3. The van der Waals surface area contributed by atoms with Crippen LogP contribution in [-0.2, 0) is 0 Å². The lowest BCUT2D eigenvalue weighted by molar-refractivity contribution is -0.0269. The van der Waals surface area contributed by atoms with Crippen LogP contribution in [0, 0.1) is 11.7 Å². The van der Waals surface area contributed by atoms with Crippen molar-refractivity contribution in [1.82, 2.24) is 5.32 Å². The second kappa shape index (κ2) is 6.35. The van der Waals surface area contributed by atoms with Gasteiger partial charge in [0.2, 0.25) is 0 Å². The summed E-state index contributed by atoms with van der Waals surface area (Å²) in [6, 6.07) is 4.41. The molecule has 1 aromatic carbocycles. The van der Waals surface area contributed by atoms with Crippen LogP contribution in [0.15, 0.2) is 18.2 Å². The Bertz CT molecular complexity index is 419. The Balaban J connectivity index is 2.89. The van der Waals surface area contributed by atoms with Gasteiger partial charge < -0.3 is 15.2 Å². The molecule has 0 aromatic heterocycles. The van der Waals surface area contributed by atoms with Crippen LogP contribution in [0.5, 0.6) is 5.75 Å². The van der Waals surface area contributed by atoms with Gasteiger partial charge in [-0.15, -0.1) is 0 Å². The van der Waals surface area contributed by atoms with Crippen LogP contribution in [0.2, 0.25) is 0 Å². The van der Waals surface area contributed by atoms with Gasteiger partial charge in [-0.2, -0.15) is 0 Å². The molecule has 0 fully saturated rings. The molecule has 2 N–H and O–H groups in total. The molecule has 0 saturated heterocycles. The molecule has 108 valence electrons. The summed E-state index contributed by atoms with van der Waals surface area (Å²) in [7, 11) is 1.81. The first-order chi connectivity index (χ1) is 8.77. The van der Waals surface area contributed by atoms with Crippen LogP contribution in [0.4, 0.5) is 4.39 Å². The molecule has 0 spiro atoms. The maximum absolute atomic E-state index is 13.3. The monoisotopic (exact) mass is 269 g/mol. The van der Waals surface area contributed by atoms with Crippen molar-refractivity contribution in [2.24, 2.45) is 5.92 Å². The van der Waals surface area contributed by atoms with E-state index in [1.165, 1.54) is 12.1 Å². The minimum absolute atomic E-state index is 0.0188. The van der Waals surface area contributed by atoms with Crippen molar-refractivity contribution < 1.29 is 14.2 Å². The van der Waals surface area contributed by atoms with Crippen LogP contribution in [0.3, 0.4) is 0 Å². The summed E-state index contributed by atoms with van der Waals surface area (Å²) in [5, 5.41) is 13.2. The maximum Gasteiger partial charge on any atom is 0.124 e. The van der Waals surface area contributed by atoms with E-state index in [0.717, 1.165) is 5.56 Å². The van der Waals surface area contributed by atoms with Gasteiger partial charge in [0.05, 0.1) is 5.60 Å². The van der Waals surface area contributed by atoms with E-state index in [9.17, 15) is 9.50 Å². The van der Waals surface area contributed by atoms with E-state index >= 15 is 0 Å². The molecule has 0 aliphatic rings. The third kappa shape index (κ3) is 4.18. The molecule has 0 heterocycles. The second-order valence-electron chi connectivity index (χ2n) is 5.49. The molecule has 0 aliphatic carbocycles. The van der Waals surface area contributed by atoms with Crippen molar-refractivity contribution >= 4 is 0 Å². The average molecular weight is 269 g/mol. The van der Waals surface area contributed by atoms with E-state index in [4.69, 9.17) is 4.74 Å². The highest BCUT2D eigenvalue weighted by atomic mass is 19.1. The number of hydrogen-bond donors (Lipinski definition) is 2. The Morgan fingerprint density at radius 3 is 2.53 bits per heavy atom. The normalized spacial score (nSPS) is 16.2. The minimum atomic E-state index is -0.908. The van der Waals surface area contributed by atoms with Crippen LogP contribution < -0.4 is 10.1 Å². The quantitative estimate of drug-likeness (QED) is 0.834. The third-order valence-electron chi connectivity index (χ3n) is 3.64. The zero-order valence-corrected chi connectivity index (χ0v) is 12.3. The first kappa shape index (κ1) is 15.9. The second-order valence-corrected chi connectivity index (χ2v) is 5.49. The SMILES string of the molecule is CNC(C)c1cc(F)ccc1OCC(C)(O)C(C)C. The van der Waals surface area contributed by atoms with Crippen molar-refractivity contribution in [2.45, 2.75) is 39.3 Å².